The number of aromatic amines is 1. The zero-order chi connectivity index (χ0) is 65.5. The molecule has 91 heavy (non-hydrogen) atoms. The third kappa shape index (κ3) is 18.6. The van der Waals surface area contributed by atoms with E-state index in [1.54, 1.807) is 69.3 Å². The summed E-state index contributed by atoms with van der Waals surface area (Å²) in [6.45, 7) is 14.1. The maximum Gasteiger partial charge on any atom is 0.415 e. The number of urea groups is 1. The number of hydrogen-bond donors (Lipinski definition) is 6. The van der Waals surface area contributed by atoms with Crippen molar-refractivity contribution in [2.24, 2.45) is 17.1 Å². The second-order valence-corrected chi connectivity index (χ2v) is 25.9. The number of aromatic nitrogens is 1. The number of nitrogens with two attached hydrogens (primary N) is 1. The molecule has 10 amide bonds. The molecule has 1 saturated heterocycles. The van der Waals surface area contributed by atoms with Crippen molar-refractivity contribution in [3.8, 4) is 11.5 Å². The Hall–Kier alpha value is -8.48. The van der Waals surface area contributed by atoms with Crippen LogP contribution >= 0.6 is 22.9 Å². The number of fused-ring (bicyclic) bond motifs is 4. The first kappa shape index (κ1) is 68.4. The van der Waals surface area contributed by atoms with Gasteiger partial charge in [-0.15, -0.1) is 22.9 Å². The van der Waals surface area contributed by atoms with Crippen LogP contribution < -0.4 is 41.4 Å². The van der Waals surface area contributed by atoms with Gasteiger partial charge >= 0.3 is 18.2 Å². The molecule has 5 heterocycles. The van der Waals surface area contributed by atoms with Gasteiger partial charge in [0.1, 0.15) is 31.0 Å². The fourth-order valence-electron chi connectivity index (χ4n) is 11.7. The fraction of sp³-hybridized carbons (Fsp3) is 0.470. The first-order chi connectivity index (χ1) is 43.5. The van der Waals surface area contributed by atoms with Crippen molar-refractivity contribution in [1.82, 2.24) is 40.5 Å². The Morgan fingerprint density at radius 2 is 1.59 bits per heavy atom. The van der Waals surface area contributed by atoms with Gasteiger partial charge in [-0.05, 0) is 129 Å². The topological polar surface area (TPSA) is 287 Å². The summed E-state index contributed by atoms with van der Waals surface area (Å²) in [5, 5.41) is 14.7. The molecule has 0 aliphatic carbocycles. The van der Waals surface area contributed by atoms with E-state index in [4.69, 9.17) is 31.5 Å². The molecule has 3 aromatic carbocycles. The van der Waals surface area contributed by atoms with E-state index in [1.807, 2.05) is 50.4 Å². The van der Waals surface area contributed by atoms with Crippen LogP contribution in [0.25, 0.3) is 27.1 Å². The highest BCUT2D eigenvalue weighted by molar-refractivity contribution is 7.17. The number of halogens is 1. The lowest BCUT2D eigenvalue weighted by atomic mass is 9.92. The van der Waals surface area contributed by atoms with Gasteiger partial charge in [-0.25, -0.2) is 14.4 Å². The molecule has 2 aromatic heterocycles. The zero-order valence-electron chi connectivity index (χ0n) is 52.8. The molecule has 0 spiro atoms. The van der Waals surface area contributed by atoms with E-state index in [-0.39, 0.29) is 93.4 Å². The van der Waals surface area contributed by atoms with Crippen molar-refractivity contribution < 1.29 is 57.4 Å². The van der Waals surface area contributed by atoms with E-state index >= 15 is 0 Å². The molecule has 488 valence electrons. The number of rotatable bonds is 30. The molecule has 7 N–H and O–H groups in total. The quantitative estimate of drug-likeness (QED) is 0.0109. The largest absolute Gasteiger partial charge is 0.492 e. The smallest absolute Gasteiger partial charge is 0.415 e. The zero-order valence-corrected chi connectivity index (χ0v) is 54.4. The number of ether oxygens (including phenoxy) is 3. The molecule has 0 unspecified atom stereocenters. The van der Waals surface area contributed by atoms with Crippen LogP contribution in [0.4, 0.5) is 25.8 Å². The number of likely N-dealkylation sites (tertiary alicyclic amines) is 1. The number of amides is 10. The Morgan fingerprint density at radius 1 is 0.879 bits per heavy atom. The van der Waals surface area contributed by atoms with Crippen molar-refractivity contribution in [3.05, 3.63) is 101 Å². The Kier molecular flexibility index (Phi) is 23.7. The van der Waals surface area contributed by atoms with Gasteiger partial charge < -0.3 is 60.9 Å². The van der Waals surface area contributed by atoms with E-state index < -0.39 is 47.5 Å². The van der Waals surface area contributed by atoms with Crippen molar-refractivity contribution in [1.29, 1.82) is 0 Å². The van der Waals surface area contributed by atoms with Crippen molar-refractivity contribution in [2.75, 3.05) is 89.2 Å². The second kappa shape index (κ2) is 31.5. The average molecular weight is 1290 g/mol. The number of H-pyrrole nitrogens is 1. The SMILES string of the molecule is Cc1csc2c(OC(=O)N(C)CC(C)(C)CN(C)C(=O)OCc3ccc(NC(=O)[C@H](CCCNC(N)=O)NC(=O)[C@@H](NC(=O)CCCCCN4C(=O)C=CC4=O)C(C)C)cc3)cc3c(c12)[C@@H](CCl)CN3C(=O)C=Cc1cc2cc(OCCN3CCCC3)ccc2[nH]1. The Bertz CT molecular complexity index is 3520. The minimum absolute atomic E-state index is 0.0983. The maximum atomic E-state index is 14.1. The average Bonchev–Trinajstić information content (AvgIpc) is 1.59. The summed E-state index contributed by atoms with van der Waals surface area (Å²) in [4.78, 5) is 128. The minimum Gasteiger partial charge on any atom is -0.492 e. The highest BCUT2D eigenvalue weighted by Crippen LogP contribution is 2.49. The van der Waals surface area contributed by atoms with Gasteiger partial charge in [0, 0.05) is 129 Å². The number of primary amides is 1. The number of anilines is 2. The number of carbonyl (C=O) groups excluding carboxylic acids is 9. The lowest BCUT2D eigenvalue weighted by Gasteiger charge is -2.33. The number of benzene rings is 3. The summed E-state index contributed by atoms with van der Waals surface area (Å²) in [6, 6.07) is 13.5. The van der Waals surface area contributed by atoms with E-state index in [2.05, 4.69) is 31.2 Å². The molecular formula is C66H84ClN11O12S. The number of imide groups is 1. The second-order valence-electron chi connectivity index (χ2n) is 24.7. The molecule has 3 aliphatic heterocycles. The van der Waals surface area contributed by atoms with Crippen LogP contribution in [0.5, 0.6) is 11.5 Å². The van der Waals surface area contributed by atoms with Gasteiger partial charge in [0.05, 0.1) is 10.4 Å². The van der Waals surface area contributed by atoms with Gasteiger partial charge in [0.2, 0.25) is 17.7 Å². The molecule has 25 heteroatoms. The van der Waals surface area contributed by atoms with Crippen molar-refractivity contribution >= 4 is 115 Å². The van der Waals surface area contributed by atoms with Gasteiger partial charge in [0.25, 0.3) is 17.7 Å². The lowest BCUT2D eigenvalue weighted by Crippen LogP contribution is -2.54. The maximum absolute atomic E-state index is 14.1. The van der Waals surface area contributed by atoms with Gasteiger partial charge in [-0.3, -0.25) is 38.6 Å². The standard InChI is InChI=1S/C66H84ClN11O12S/c1-41(2)59(73-53(79)15-9-8-10-29-77-54(80)24-25-55(77)81)62(84)72-50(14-13-26-69-63(68)85)61(83)71-46-18-16-43(17-19-46)37-89-64(86)74(6)39-66(4,5)40-75(7)65(87)90-52-34-51-58(57-42(3)38-91-60(52)57)45(35-67)36-78(51)56(82)23-20-47-32-44-33-48(21-22-49(44)70-47)88-31-30-76-27-11-12-28-76/h16-25,32-34,38,41,45,50,59,70H,8-15,26-31,35-37,39-40H2,1-7H3,(H,71,83)(H,72,84)(H,73,79)(H3,68,69,85)/t45-,50-,59-/m0/s1. The van der Waals surface area contributed by atoms with Crippen LogP contribution in [0, 0.1) is 18.3 Å². The Morgan fingerprint density at radius 3 is 2.29 bits per heavy atom. The molecular weight excluding hydrogens is 1210 g/mol. The summed E-state index contributed by atoms with van der Waals surface area (Å²) in [7, 11) is 3.23. The van der Waals surface area contributed by atoms with Gasteiger partial charge in [0.15, 0.2) is 5.75 Å². The number of hydrogen-bond acceptors (Lipinski definition) is 14. The summed E-state index contributed by atoms with van der Waals surface area (Å²) < 4.78 is 18.7. The molecule has 8 rings (SSSR count). The molecule has 3 atom stereocenters. The molecule has 0 saturated carbocycles. The number of thiophene rings is 1. The van der Waals surface area contributed by atoms with Crippen LogP contribution in [-0.2, 0) is 40.1 Å². The molecule has 0 radical (unpaired) electrons. The van der Waals surface area contributed by atoms with Gasteiger partial charge in [-0.2, -0.15) is 0 Å². The van der Waals surface area contributed by atoms with E-state index in [1.165, 1.54) is 52.2 Å². The summed E-state index contributed by atoms with van der Waals surface area (Å²) in [6.07, 6.45) is 9.03. The predicted octanol–water partition coefficient (Wildman–Crippen LogP) is 8.77. The molecule has 23 nitrogen and oxygen atoms in total. The van der Waals surface area contributed by atoms with Crippen LogP contribution in [0.1, 0.15) is 107 Å². The van der Waals surface area contributed by atoms with Crippen LogP contribution in [0.15, 0.2) is 78.2 Å². The van der Waals surface area contributed by atoms with Gasteiger partial charge in [-0.1, -0.05) is 46.2 Å². The third-order valence-corrected chi connectivity index (χ3v) is 17.7. The van der Waals surface area contributed by atoms with E-state index in [0.717, 1.165) is 68.1 Å². The summed E-state index contributed by atoms with van der Waals surface area (Å²) in [5.74, 6) is -1.59. The number of aryl methyl sites for hydroxylation is 1. The third-order valence-electron chi connectivity index (χ3n) is 16.2. The Balaban J connectivity index is 0.812. The predicted molar refractivity (Wildman–Crippen MR) is 351 cm³/mol. The lowest BCUT2D eigenvalue weighted by molar-refractivity contribution is -0.137. The summed E-state index contributed by atoms with van der Waals surface area (Å²) >= 11 is 8.06. The van der Waals surface area contributed by atoms with Crippen molar-refractivity contribution in [3.63, 3.8) is 0 Å². The Labute approximate surface area is 539 Å². The molecule has 1 fully saturated rings. The summed E-state index contributed by atoms with van der Waals surface area (Å²) in [5.41, 5.74) is 9.82. The fourth-order valence-corrected chi connectivity index (χ4v) is 13.0. The van der Waals surface area contributed by atoms with Crippen LogP contribution in [0.3, 0.4) is 0 Å². The number of carbonyl (C=O) groups is 9. The van der Waals surface area contributed by atoms with E-state index in [9.17, 15) is 43.2 Å². The number of nitrogens with zero attached hydrogens (tertiary/aromatic N) is 5. The van der Waals surface area contributed by atoms with Crippen LogP contribution in [-0.4, -0.2) is 169 Å². The molecule has 3 aliphatic rings. The highest BCUT2D eigenvalue weighted by atomic mass is 35.5. The number of nitrogens with one attached hydrogen (secondary N) is 5. The molecule has 0 bridgehead atoms. The van der Waals surface area contributed by atoms with Crippen molar-refractivity contribution in [2.45, 2.75) is 111 Å². The normalized spacial score (nSPS) is 15.5. The minimum atomic E-state index is -1.07. The highest BCUT2D eigenvalue weighted by Gasteiger charge is 2.37. The number of alkyl halides is 1. The first-order valence-electron chi connectivity index (χ1n) is 30.9. The van der Waals surface area contributed by atoms with Crippen LogP contribution in [0.2, 0.25) is 0 Å². The monoisotopic (exact) mass is 1290 g/mol. The molecule has 5 aromatic rings. The first-order valence-corrected chi connectivity index (χ1v) is 32.3. The number of unbranched alkanes of at least 4 members (excludes halogenated alkanes) is 2. The van der Waals surface area contributed by atoms with E-state index in [0.29, 0.717) is 55.1 Å².